The Morgan fingerprint density at radius 2 is 2.30 bits per heavy atom. The highest BCUT2D eigenvalue weighted by Crippen LogP contribution is 2.28. The first-order valence-corrected chi connectivity index (χ1v) is 7.31. The molecule has 0 aliphatic heterocycles. The molecule has 120 valence electrons. The molecule has 0 unspecified atom stereocenters. The number of nitrogens with one attached hydrogen (secondary N) is 1. The lowest BCUT2D eigenvalue weighted by Gasteiger charge is -2.08. The molecule has 1 aromatic carbocycles. The molecule has 2 N–H and O–H groups in total. The van der Waals surface area contributed by atoms with E-state index in [1.807, 2.05) is 0 Å². The largest absolute Gasteiger partial charge is 0.495 e. The van der Waals surface area contributed by atoms with E-state index in [2.05, 4.69) is 16.6 Å². The lowest BCUT2D eigenvalue weighted by molar-refractivity contribution is 0.413. The van der Waals surface area contributed by atoms with Crippen LogP contribution >= 0.6 is 23.8 Å². The van der Waals surface area contributed by atoms with Crippen LogP contribution < -0.4 is 10.3 Å². The number of aromatic amines is 1. The summed E-state index contributed by atoms with van der Waals surface area (Å²) >= 11 is 11.0. The highest BCUT2D eigenvalue weighted by atomic mass is 35.5. The second-order valence-corrected chi connectivity index (χ2v) is 5.27. The van der Waals surface area contributed by atoms with E-state index in [0.717, 1.165) is 0 Å². The number of hydrogen-bond acceptors (Lipinski definition) is 5. The fourth-order valence-corrected chi connectivity index (χ4v) is 2.37. The molecule has 8 heteroatoms. The third-order valence-corrected chi connectivity index (χ3v) is 3.61. The van der Waals surface area contributed by atoms with Crippen molar-refractivity contribution in [1.82, 2.24) is 9.55 Å². The zero-order chi connectivity index (χ0) is 17.0. The van der Waals surface area contributed by atoms with E-state index >= 15 is 0 Å². The average molecular weight is 352 g/mol. The van der Waals surface area contributed by atoms with Crippen LogP contribution in [0.25, 0.3) is 0 Å². The van der Waals surface area contributed by atoms with Gasteiger partial charge >= 0.3 is 0 Å². The van der Waals surface area contributed by atoms with Gasteiger partial charge in [0.15, 0.2) is 4.77 Å². The normalized spacial score (nSPS) is 10.9. The third kappa shape index (κ3) is 3.69. The number of hydrogen-bond donors (Lipinski definition) is 2. The fraction of sp³-hybridized carbons (Fsp3) is 0.133. The summed E-state index contributed by atoms with van der Waals surface area (Å²) in [5.41, 5.74) is -0.0316. The van der Waals surface area contributed by atoms with Gasteiger partial charge in [0.2, 0.25) is 5.88 Å². The van der Waals surface area contributed by atoms with Crippen molar-refractivity contribution in [3.05, 3.63) is 56.6 Å². The molecule has 0 amide bonds. The Kier molecular flexibility index (Phi) is 5.36. The molecule has 0 spiro atoms. The Labute approximate surface area is 142 Å². The van der Waals surface area contributed by atoms with Crippen LogP contribution in [0.2, 0.25) is 5.02 Å². The summed E-state index contributed by atoms with van der Waals surface area (Å²) in [6.45, 7) is 3.84. The first-order chi connectivity index (χ1) is 11.0. The number of ether oxygens (including phenoxy) is 1. The van der Waals surface area contributed by atoms with Crippen molar-refractivity contribution in [3.63, 3.8) is 0 Å². The maximum Gasteiger partial charge on any atom is 0.264 e. The van der Waals surface area contributed by atoms with Gasteiger partial charge in [0.05, 0.1) is 17.8 Å². The Morgan fingerprint density at radius 1 is 1.57 bits per heavy atom. The molecule has 0 saturated heterocycles. The van der Waals surface area contributed by atoms with Gasteiger partial charge in [-0.05, 0) is 30.4 Å². The number of aromatic nitrogens is 2. The summed E-state index contributed by atoms with van der Waals surface area (Å²) in [7, 11) is 1.51. The molecule has 0 atom stereocenters. The van der Waals surface area contributed by atoms with E-state index in [1.54, 1.807) is 24.3 Å². The molecular weight excluding hydrogens is 338 g/mol. The molecule has 6 nitrogen and oxygen atoms in total. The number of benzene rings is 1. The van der Waals surface area contributed by atoms with Crippen LogP contribution in [-0.4, -0.2) is 28.0 Å². The number of H-pyrrole nitrogens is 1. The third-order valence-electron chi connectivity index (χ3n) is 3.00. The molecule has 1 aromatic heterocycles. The first-order valence-electron chi connectivity index (χ1n) is 6.52. The van der Waals surface area contributed by atoms with Crippen molar-refractivity contribution < 1.29 is 9.84 Å². The van der Waals surface area contributed by atoms with E-state index in [4.69, 9.17) is 28.6 Å². The second-order valence-electron chi connectivity index (χ2n) is 4.47. The molecule has 23 heavy (non-hydrogen) atoms. The van der Waals surface area contributed by atoms with Crippen molar-refractivity contribution >= 4 is 35.7 Å². The van der Waals surface area contributed by atoms with Crippen molar-refractivity contribution in [3.8, 4) is 11.6 Å². The molecule has 2 rings (SSSR count). The van der Waals surface area contributed by atoms with E-state index in [-0.39, 0.29) is 22.8 Å². The lowest BCUT2D eigenvalue weighted by Crippen LogP contribution is -2.18. The van der Waals surface area contributed by atoms with Gasteiger partial charge in [-0.2, -0.15) is 0 Å². The van der Waals surface area contributed by atoms with E-state index < -0.39 is 5.56 Å². The van der Waals surface area contributed by atoms with Gasteiger partial charge in [-0.1, -0.05) is 17.7 Å². The van der Waals surface area contributed by atoms with Crippen LogP contribution in [0.15, 0.2) is 40.6 Å². The van der Waals surface area contributed by atoms with Crippen molar-refractivity contribution in [2.75, 3.05) is 7.11 Å². The van der Waals surface area contributed by atoms with Crippen LogP contribution in [0.3, 0.4) is 0 Å². The monoisotopic (exact) mass is 351 g/mol. The molecule has 2 aromatic rings. The van der Waals surface area contributed by atoms with Gasteiger partial charge in [0, 0.05) is 12.8 Å². The standard InChI is InChI=1S/C15H14ClN3O3S/c1-3-6-19-14(21)10(13(20)18-15(19)23)8-17-9-4-5-12(22-2)11(16)7-9/h3-5,7-8,21H,1,6H2,2H3,(H,18,20,23). The zero-order valence-electron chi connectivity index (χ0n) is 12.2. The first kappa shape index (κ1) is 17.0. The highest BCUT2D eigenvalue weighted by molar-refractivity contribution is 7.71. The van der Waals surface area contributed by atoms with Crippen LogP contribution in [0.5, 0.6) is 11.6 Å². The Morgan fingerprint density at radius 3 is 2.91 bits per heavy atom. The molecule has 0 radical (unpaired) electrons. The molecule has 0 saturated carbocycles. The number of aromatic hydroxyl groups is 1. The van der Waals surface area contributed by atoms with Crippen LogP contribution in [0, 0.1) is 4.77 Å². The Bertz CT molecular complexity index is 887. The topological polar surface area (TPSA) is 79.6 Å². The Balaban J connectivity index is 2.45. The van der Waals surface area contributed by atoms with Crippen LogP contribution in [-0.2, 0) is 6.54 Å². The minimum Gasteiger partial charge on any atom is -0.495 e. The van der Waals surface area contributed by atoms with Crippen molar-refractivity contribution in [1.29, 1.82) is 0 Å². The summed E-state index contributed by atoms with van der Waals surface area (Å²) < 4.78 is 6.50. The summed E-state index contributed by atoms with van der Waals surface area (Å²) in [6.07, 6.45) is 2.80. The summed E-state index contributed by atoms with van der Waals surface area (Å²) in [6, 6.07) is 4.91. The van der Waals surface area contributed by atoms with Gasteiger partial charge in [-0.3, -0.25) is 19.3 Å². The van der Waals surface area contributed by atoms with Crippen molar-refractivity contribution in [2.24, 2.45) is 4.99 Å². The van der Waals surface area contributed by atoms with Crippen LogP contribution in [0.1, 0.15) is 5.56 Å². The number of allylic oxidation sites excluding steroid dienone is 1. The van der Waals surface area contributed by atoms with E-state index in [1.165, 1.54) is 17.9 Å². The number of methoxy groups -OCH3 is 1. The molecule has 1 heterocycles. The van der Waals surface area contributed by atoms with Gasteiger partial charge < -0.3 is 9.84 Å². The maximum absolute atomic E-state index is 11.9. The highest BCUT2D eigenvalue weighted by Gasteiger charge is 2.10. The molecule has 0 fully saturated rings. The molecule has 0 aliphatic rings. The van der Waals surface area contributed by atoms with Gasteiger partial charge in [-0.25, -0.2) is 0 Å². The number of halogens is 1. The summed E-state index contributed by atoms with van der Waals surface area (Å²) in [5.74, 6) is 0.243. The number of nitrogens with zero attached hydrogens (tertiary/aromatic N) is 2. The predicted octanol–water partition coefficient (Wildman–Crippen LogP) is 3.21. The summed E-state index contributed by atoms with van der Waals surface area (Å²) in [4.78, 5) is 18.6. The van der Waals surface area contributed by atoms with Gasteiger partial charge in [-0.15, -0.1) is 6.58 Å². The zero-order valence-corrected chi connectivity index (χ0v) is 13.8. The molecular formula is C15H14ClN3O3S. The number of aliphatic imine (C=N–C) groups is 1. The van der Waals surface area contributed by atoms with Crippen molar-refractivity contribution in [2.45, 2.75) is 6.54 Å². The molecule has 0 bridgehead atoms. The van der Waals surface area contributed by atoms with E-state index in [0.29, 0.717) is 16.5 Å². The Hall–Kier alpha value is -2.38. The van der Waals surface area contributed by atoms with E-state index in [9.17, 15) is 9.90 Å². The SMILES string of the molecule is C=CCn1c(O)c(C=Nc2ccc(OC)c(Cl)c2)c(=O)[nH]c1=S. The summed E-state index contributed by atoms with van der Waals surface area (Å²) in [5, 5.41) is 10.6. The van der Waals surface area contributed by atoms with Gasteiger partial charge in [0.25, 0.3) is 5.56 Å². The smallest absolute Gasteiger partial charge is 0.264 e. The fourth-order valence-electron chi connectivity index (χ4n) is 1.86. The maximum atomic E-state index is 11.9. The second kappa shape index (κ2) is 7.26. The number of rotatable bonds is 5. The lowest BCUT2D eigenvalue weighted by atomic mass is 10.3. The predicted molar refractivity (Wildman–Crippen MR) is 93.0 cm³/mol. The van der Waals surface area contributed by atoms with Gasteiger partial charge in [0.1, 0.15) is 11.3 Å². The minimum absolute atomic E-state index is 0.00705. The van der Waals surface area contributed by atoms with Crippen LogP contribution in [0.4, 0.5) is 5.69 Å². The average Bonchev–Trinajstić information content (AvgIpc) is 2.51. The molecule has 0 aliphatic carbocycles. The quantitative estimate of drug-likeness (QED) is 0.492. The minimum atomic E-state index is -0.531.